The summed E-state index contributed by atoms with van der Waals surface area (Å²) in [6, 6.07) is 0. The third-order valence-corrected chi connectivity index (χ3v) is 4.07. The lowest BCUT2D eigenvalue weighted by Crippen LogP contribution is -2.39. The maximum atomic E-state index is 14.0. The molecular formula is C13H27F. The fourth-order valence-corrected chi connectivity index (χ4v) is 1.55. The second-order valence-corrected chi connectivity index (χ2v) is 6.68. The summed E-state index contributed by atoms with van der Waals surface area (Å²) in [6.45, 7) is 16.3. The van der Waals surface area contributed by atoms with Crippen molar-refractivity contribution in [3.63, 3.8) is 0 Å². The Morgan fingerprint density at radius 1 is 0.929 bits per heavy atom. The second-order valence-electron chi connectivity index (χ2n) is 6.68. The summed E-state index contributed by atoms with van der Waals surface area (Å²) in [7, 11) is 0. The monoisotopic (exact) mass is 202 g/mol. The fraction of sp³-hybridized carbons (Fsp3) is 1.00. The average molecular weight is 202 g/mol. The largest absolute Gasteiger partial charge is 0.244 e. The normalized spacial score (nSPS) is 15.0. The Hall–Kier alpha value is -0.0700. The fourth-order valence-electron chi connectivity index (χ4n) is 1.55. The Bertz CT molecular complexity index is 182. The van der Waals surface area contributed by atoms with Crippen LogP contribution in [0.25, 0.3) is 0 Å². The number of hydrogen-bond donors (Lipinski definition) is 0. The van der Waals surface area contributed by atoms with E-state index in [-0.39, 0.29) is 10.8 Å². The number of hydrogen-bond acceptors (Lipinski definition) is 0. The van der Waals surface area contributed by atoms with Crippen LogP contribution in [0.1, 0.15) is 61.8 Å². The van der Waals surface area contributed by atoms with Crippen LogP contribution in [0.15, 0.2) is 0 Å². The predicted molar refractivity (Wildman–Crippen MR) is 62.2 cm³/mol. The summed E-state index contributed by atoms with van der Waals surface area (Å²) in [5, 5.41) is 0. The van der Waals surface area contributed by atoms with Crippen LogP contribution in [0.2, 0.25) is 0 Å². The lowest BCUT2D eigenvalue weighted by atomic mass is 9.64. The van der Waals surface area contributed by atoms with Crippen molar-refractivity contribution in [3.8, 4) is 0 Å². The van der Waals surface area contributed by atoms with Crippen molar-refractivity contribution in [1.29, 1.82) is 0 Å². The standard InChI is InChI=1S/C13H27F/c1-10(2)11(3,4)9-12(5,6)13(7,8)14/h10H,9H2,1-8H3. The van der Waals surface area contributed by atoms with Crippen LogP contribution in [0, 0.1) is 16.7 Å². The predicted octanol–water partition coefficient (Wildman–Crippen LogP) is 4.83. The van der Waals surface area contributed by atoms with Gasteiger partial charge < -0.3 is 0 Å². The highest BCUT2D eigenvalue weighted by Crippen LogP contribution is 2.46. The lowest BCUT2D eigenvalue weighted by Gasteiger charge is -2.43. The van der Waals surface area contributed by atoms with Crippen LogP contribution in [0.5, 0.6) is 0 Å². The smallest absolute Gasteiger partial charge is 0.110 e. The van der Waals surface area contributed by atoms with Gasteiger partial charge in [0.1, 0.15) is 5.67 Å². The van der Waals surface area contributed by atoms with Crippen molar-refractivity contribution in [2.24, 2.45) is 16.7 Å². The number of rotatable bonds is 4. The van der Waals surface area contributed by atoms with E-state index in [1.807, 2.05) is 13.8 Å². The molecule has 0 saturated heterocycles. The van der Waals surface area contributed by atoms with Gasteiger partial charge in [-0.1, -0.05) is 41.5 Å². The summed E-state index contributed by atoms with van der Waals surface area (Å²) >= 11 is 0. The summed E-state index contributed by atoms with van der Waals surface area (Å²) < 4.78 is 14.0. The molecule has 0 N–H and O–H groups in total. The third-order valence-electron chi connectivity index (χ3n) is 4.07. The first-order valence-corrected chi connectivity index (χ1v) is 5.59. The molecule has 1 heteroatoms. The summed E-state index contributed by atoms with van der Waals surface area (Å²) in [5.41, 5.74) is -1.17. The van der Waals surface area contributed by atoms with E-state index >= 15 is 0 Å². The van der Waals surface area contributed by atoms with Gasteiger partial charge in [0, 0.05) is 0 Å². The number of halogens is 1. The summed E-state index contributed by atoms with van der Waals surface area (Å²) in [5.74, 6) is 0.587. The van der Waals surface area contributed by atoms with Gasteiger partial charge in [-0.2, -0.15) is 0 Å². The molecular weight excluding hydrogens is 175 g/mol. The van der Waals surface area contributed by atoms with Crippen molar-refractivity contribution in [3.05, 3.63) is 0 Å². The van der Waals surface area contributed by atoms with E-state index in [2.05, 4.69) is 27.7 Å². The van der Waals surface area contributed by atoms with Crippen molar-refractivity contribution in [2.75, 3.05) is 0 Å². The second kappa shape index (κ2) is 3.83. The van der Waals surface area contributed by atoms with Gasteiger partial charge >= 0.3 is 0 Å². The molecule has 0 spiro atoms. The first-order chi connectivity index (χ1) is 5.90. The molecule has 0 aromatic carbocycles. The molecule has 0 nitrogen and oxygen atoms in total. The molecule has 0 amide bonds. The van der Waals surface area contributed by atoms with Crippen LogP contribution in [-0.2, 0) is 0 Å². The molecule has 0 saturated carbocycles. The molecule has 0 rings (SSSR count). The molecule has 86 valence electrons. The van der Waals surface area contributed by atoms with Crippen molar-refractivity contribution in [2.45, 2.75) is 67.5 Å². The molecule has 0 fully saturated rings. The highest BCUT2D eigenvalue weighted by molar-refractivity contribution is 4.91. The van der Waals surface area contributed by atoms with E-state index < -0.39 is 5.67 Å². The Morgan fingerprint density at radius 2 is 1.29 bits per heavy atom. The molecule has 0 heterocycles. The van der Waals surface area contributed by atoms with Gasteiger partial charge in [0.2, 0.25) is 0 Å². The minimum atomic E-state index is -1.11. The van der Waals surface area contributed by atoms with Gasteiger partial charge in [0.05, 0.1) is 0 Å². The maximum Gasteiger partial charge on any atom is 0.110 e. The zero-order chi connectivity index (χ0) is 11.8. The van der Waals surface area contributed by atoms with Crippen LogP contribution in [-0.4, -0.2) is 5.67 Å². The molecule has 0 atom stereocenters. The molecule has 0 radical (unpaired) electrons. The minimum absolute atomic E-state index is 0.201. The zero-order valence-corrected chi connectivity index (χ0v) is 11.2. The maximum absolute atomic E-state index is 14.0. The molecule has 0 unspecified atom stereocenters. The summed E-state index contributed by atoms with van der Waals surface area (Å²) in [6.07, 6.45) is 0.918. The molecule has 0 aliphatic carbocycles. The average Bonchev–Trinajstić information content (AvgIpc) is 1.80. The van der Waals surface area contributed by atoms with E-state index in [1.165, 1.54) is 0 Å². The van der Waals surface area contributed by atoms with Crippen molar-refractivity contribution in [1.82, 2.24) is 0 Å². The SMILES string of the molecule is CC(C)C(C)(C)CC(C)(C)C(C)(C)F. The molecule has 0 aromatic heterocycles. The van der Waals surface area contributed by atoms with Gasteiger partial charge in [0.15, 0.2) is 0 Å². The van der Waals surface area contributed by atoms with E-state index in [9.17, 15) is 4.39 Å². The van der Waals surface area contributed by atoms with E-state index in [4.69, 9.17) is 0 Å². The van der Waals surface area contributed by atoms with Crippen LogP contribution in [0.3, 0.4) is 0 Å². The van der Waals surface area contributed by atoms with E-state index in [0.717, 1.165) is 6.42 Å². The van der Waals surface area contributed by atoms with Crippen LogP contribution in [0.4, 0.5) is 4.39 Å². The lowest BCUT2D eigenvalue weighted by molar-refractivity contribution is 0.00276. The van der Waals surface area contributed by atoms with Crippen molar-refractivity contribution >= 4 is 0 Å². The molecule has 0 aromatic rings. The van der Waals surface area contributed by atoms with Crippen molar-refractivity contribution < 1.29 is 4.39 Å². The van der Waals surface area contributed by atoms with E-state index in [1.54, 1.807) is 13.8 Å². The third kappa shape index (κ3) is 3.25. The Labute approximate surface area is 89.3 Å². The first kappa shape index (κ1) is 13.9. The van der Waals surface area contributed by atoms with Gasteiger partial charge in [-0.25, -0.2) is 4.39 Å². The zero-order valence-electron chi connectivity index (χ0n) is 11.2. The van der Waals surface area contributed by atoms with Gasteiger partial charge in [-0.15, -0.1) is 0 Å². The Kier molecular flexibility index (Phi) is 3.81. The van der Waals surface area contributed by atoms with E-state index in [0.29, 0.717) is 5.92 Å². The minimum Gasteiger partial charge on any atom is -0.244 e. The Balaban J connectivity index is 4.67. The van der Waals surface area contributed by atoms with Crippen LogP contribution < -0.4 is 0 Å². The topological polar surface area (TPSA) is 0 Å². The van der Waals surface area contributed by atoms with Crippen LogP contribution >= 0.6 is 0 Å². The number of alkyl halides is 1. The Morgan fingerprint density at radius 3 is 1.50 bits per heavy atom. The molecule has 0 aliphatic rings. The quantitative estimate of drug-likeness (QED) is 0.612. The van der Waals surface area contributed by atoms with Gasteiger partial charge in [0.25, 0.3) is 0 Å². The van der Waals surface area contributed by atoms with Gasteiger partial charge in [-0.05, 0) is 37.0 Å². The highest BCUT2D eigenvalue weighted by Gasteiger charge is 2.41. The van der Waals surface area contributed by atoms with Gasteiger partial charge in [-0.3, -0.25) is 0 Å². The molecule has 0 aliphatic heterocycles. The summed E-state index contributed by atoms with van der Waals surface area (Å²) in [4.78, 5) is 0. The molecule has 0 bridgehead atoms. The first-order valence-electron chi connectivity index (χ1n) is 5.59. The molecule has 14 heavy (non-hydrogen) atoms. The highest BCUT2D eigenvalue weighted by atomic mass is 19.1.